The predicted molar refractivity (Wildman–Crippen MR) is 67.9 cm³/mol. The van der Waals surface area contributed by atoms with Crippen molar-refractivity contribution in [2.75, 3.05) is 7.11 Å². The quantitative estimate of drug-likeness (QED) is 0.610. The number of hydrogen-bond acceptors (Lipinski definition) is 2. The van der Waals surface area contributed by atoms with E-state index in [1.807, 2.05) is 12.1 Å². The standard InChI is InChI=1S/C10H9Br2ClO2/c1-15-10(14)9(12)8(11)6-2-4-7(13)5-3-6/h2-5,8-9H,1H3/t8-,9-/m1/s1. The first kappa shape index (κ1) is 13.0. The van der Waals surface area contributed by atoms with Gasteiger partial charge in [-0.15, -0.1) is 0 Å². The molecule has 0 spiro atoms. The maximum Gasteiger partial charge on any atom is 0.320 e. The number of ether oxygens (including phenoxy) is 1. The van der Waals surface area contributed by atoms with E-state index in [9.17, 15) is 4.79 Å². The minimum Gasteiger partial charge on any atom is -0.468 e. The molecule has 0 unspecified atom stereocenters. The van der Waals surface area contributed by atoms with Gasteiger partial charge in [-0.05, 0) is 17.7 Å². The van der Waals surface area contributed by atoms with Crippen LogP contribution < -0.4 is 0 Å². The summed E-state index contributed by atoms with van der Waals surface area (Å²) >= 11 is 12.5. The number of carbonyl (C=O) groups excluding carboxylic acids is 1. The van der Waals surface area contributed by atoms with Crippen LogP contribution >= 0.6 is 43.5 Å². The summed E-state index contributed by atoms with van der Waals surface area (Å²) in [5, 5.41) is 0.669. The van der Waals surface area contributed by atoms with Gasteiger partial charge in [0.1, 0.15) is 4.83 Å². The Kier molecular flexibility index (Phi) is 5.09. The number of halogens is 3. The number of rotatable bonds is 3. The van der Waals surface area contributed by atoms with Gasteiger partial charge in [-0.2, -0.15) is 0 Å². The molecule has 0 fully saturated rings. The summed E-state index contributed by atoms with van der Waals surface area (Å²) in [5.41, 5.74) is 0.965. The fourth-order valence-electron chi connectivity index (χ4n) is 1.05. The zero-order valence-corrected chi connectivity index (χ0v) is 11.8. The Morgan fingerprint density at radius 1 is 1.33 bits per heavy atom. The van der Waals surface area contributed by atoms with Crippen molar-refractivity contribution in [3.63, 3.8) is 0 Å². The molecule has 0 aromatic heterocycles. The van der Waals surface area contributed by atoms with Crippen molar-refractivity contribution < 1.29 is 9.53 Å². The van der Waals surface area contributed by atoms with Crippen LogP contribution in [0.5, 0.6) is 0 Å². The van der Waals surface area contributed by atoms with E-state index in [2.05, 4.69) is 36.6 Å². The molecule has 0 saturated heterocycles. The lowest BCUT2D eigenvalue weighted by Gasteiger charge is -2.14. The fraction of sp³-hybridized carbons (Fsp3) is 0.300. The van der Waals surface area contributed by atoms with Crippen molar-refractivity contribution in [2.45, 2.75) is 9.65 Å². The lowest BCUT2D eigenvalue weighted by molar-refractivity contribution is -0.139. The van der Waals surface area contributed by atoms with Gasteiger partial charge in [-0.1, -0.05) is 55.6 Å². The van der Waals surface area contributed by atoms with E-state index in [0.29, 0.717) is 5.02 Å². The van der Waals surface area contributed by atoms with Crippen molar-refractivity contribution >= 4 is 49.4 Å². The molecule has 1 rings (SSSR count). The van der Waals surface area contributed by atoms with E-state index in [1.54, 1.807) is 12.1 Å². The van der Waals surface area contributed by atoms with Crippen LogP contribution in [-0.2, 0) is 9.53 Å². The van der Waals surface area contributed by atoms with E-state index < -0.39 is 4.83 Å². The molecule has 0 aliphatic carbocycles. The Morgan fingerprint density at radius 3 is 2.33 bits per heavy atom. The average molecular weight is 356 g/mol. The predicted octanol–water partition coefficient (Wildman–Crippen LogP) is 3.71. The van der Waals surface area contributed by atoms with Crippen LogP contribution in [0.4, 0.5) is 0 Å². The van der Waals surface area contributed by atoms with Crippen molar-refractivity contribution in [2.24, 2.45) is 0 Å². The zero-order chi connectivity index (χ0) is 11.4. The molecule has 0 amide bonds. The van der Waals surface area contributed by atoms with Crippen molar-refractivity contribution in [3.05, 3.63) is 34.9 Å². The number of benzene rings is 1. The monoisotopic (exact) mass is 354 g/mol. The molecule has 2 nitrogen and oxygen atoms in total. The van der Waals surface area contributed by atoms with E-state index in [1.165, 1.54) is 7.11 Å². The summed E-state index contributed by atoms with van der Waals surface area (Å²) in [6.45, 7) is 0. The molecule has 0 bridgehead atoms. The molecule has 15 heavy (non-hydrogen) atoms. The van der Waals surface area contributed by atoms with Crippen molar-refractivity contribution in [1.82, 2.24) is 0 Å². The second-order valence-electron chi connectivity index (χ2n) is 2.88. The third kappa shape index (κ3) is 3.47. The van der Waals surface area contributed by atoms with Gasteiger partial charge in [0, 0.05) is 5.02 Å². The third-order valence-corrected chi connectivity index (χ3v) is 4.79. The van der Waals surface area contributed by atoms with Gasteiger partial charge in [0.25, 0.3) is 0 Å². The lowest BCUT2D eigenvalue weighted by Crippen LogP contribution is -2.20. The second kappa shape index (κ2) is 5.87. The van der Waals surface area contributed by atoms with Crippen molar-refractivity contribution in [1.29, 1.82) is 0 Å². The Labute approximate surface area is 110 Å². The summed E-state index contributed by atoms with van der Waals surface area (Å²) in [7, 11) is 1.36. The SMILES string of the molecule is COC(=O)[C@H](Br)[C@H](Br)c1ccc(Cl)cc1. The Hall–Kier alpha value is -0.0600. The van der Waals surface area contributed by atoms with E-state index in [-0.39, 0.29) is 10.8 Å². The normalized spacial score (nSPS) is 14.4. The molecule has 82 valence electrons. The first-order valence-electron chi connectivity index (χ1n) is 4.17. The first-order valence-corrected chi connectivity index (χ1v) is 6.38. The highest BCUT2D eigenvalue weighted by atomic mass is 79.9. The van der Waals surface area contributed by atoms with Crippen LogP contribution in [0.3, 0.4) is 0 Å². The summed E-state index contributed by atoms with van der Waals surface area (Å²) in [5.74, 6) is -0.313. The molecule has 1 aromatic rings. The van der Waals surface area contributed by atoms with Gasteiger partial charge in [0.05, 0.1) is 11.9 Å². The molecule has 5 heteroatoms. The number of alkyl halides is 2. The molecule has 2 atom stereocenters. The van der Waals surface area contributed by atoms with Crippen LogP contribution in [0.2, 0.25) is 5.02 Å². The third-order valence-electron chi connectivity index (χ3n) is 1.87. The van der Waals surface area contributed by atoms with Crippen LogP contribution in [0.1, 0.15) is 10.4 Å². The minimum atomic E-state index is -0.413. The Bertz CT molecular complexity index is 340. The molecule has 0 saturated carbocycles. The Balaban J connectivity index is 2.80. The number of methoxy groups -OCH3 is 1. The Morgan fingerprint density at radius 2 is 1.87 bits per heavy atom. The molecule has 1 aromatic carbocycles. The molecular formula is C10H9Br2ClO2. The van der Waals surface area contributed by atoms with Crippen LogP contribution in [0, 0.1) is 0 Å². The molecule has 0 aliphatic heterocycles. The summed E-state index contributed by atoms with van der Waals surface area (Å²) < 4.78 is 4.64. The van der Waals surface area contributed by atoms with Gasteiger partial charge in [-0.3, -0.25) is 4.79 Å². The number of esters is 1. The summed E-state index contributed by atoms with van der Waals surface area (Å²) in [6.07, 6.45) is 0. The topological polar surface area (TPSA) is 26.3 Å². The molecule has 0 heterocycles. The maximum absolute atomic E-state index is 11.3. The minimum absolute atomic E-state index is 0.137. The van der Waals surface area contributed by atoms with Gasteiger partial charge in [0.15, 0.2) is 0 Å². The summed E-state index contributed by atoms with van der Waals surface area (Å²) in [4.78, 5) is 10.7. The molecule has 0 N–H and O–H groups in total. The van der Waals surface area contributed by atoms with Gasteiger partial charge < -0.3 is 4.74 Å². The van der Waals surface area contributed by atoms with Gasteiger partial charge in [-0.25, -0.2) is 0 Å². The lowest BCUT2D eigenvalue weighted by atomic mass is 10.1. The second-order valence-corrected chi connectivity index (χ2v) is 5.29. The molecular weight excluding hydrogens is 347 g/mol. The smallest absolute Gasteiger partial charge is 0.320 e. The van der Waals surface area contributed by atoms with Gasteiger partial charge >= 0.3 is 5.97 Å². The van der Waals surface area contributed by atoms with Crippen LogP contribution in [-0.4, -0.2) is 17.9 Å². The van der Waals surface area contributed by atoms with Crippen LogP contribution in [0.15, 0.2) is 24.3 Å². The fourth-order valence-corrected chi connectivity index (χ4v) is 2.19. The molecule has 0 aliphatic rings. The van der Waals surface area contributed by atoms with Gasteiger partial charge in [0.2, 0.25) is 0 Å². The summed E-state index contributed by atoms with van der Waals surface area (Å²) in [6, 6.07) is 7.28. The highest BCUT2D eigenvalue weighted by Crippen LogP contribution is 2.32. The zero-order valence-electron chi connectivity index (χ0n) is 7.91. The molecule has 0 radical (unpaired) electrons. The van der Waals surface area contributed by atoms with E-state index >= 15 is 0 Å². The average Bonchev–Trinajstić information content (AvgIpc) is 2.27. The largest absolute Gasteiger partial charge is 0.468 e. The first-order chi connectivity index (χ1) is 7.06. The van der Waals surface area contributed by atoms with Crippen LogP contribution in [0.25, 0.3) is 0 Å². The number of carbonyl (C=O) groups is 1. The highest BCUT2D eigenvalue weighted by molar-refractivity contribution is 9.12. The maximum atomic E-state index is 11.3. The van der Waals surface area contributed by atoms with E-state index in [4.69, 9.17) is 11.6 Å². The van der Waals surface area contributed by atoms with Crippen molar-refractivity contribution in [3.8, 4) is 0 Å². The number of hydrogen-bond donors (Lipinski definition) is 0. The highest BCUT2D eigenvalue weighted by Gasteiger charge is 2.25. The van der Waals surface area contributed by atoms with E-state index in [0.717, 1.165) is 5.56 Å².